The molecule has 2 rings (SSSR count). The smallest absolute Gasteiger partial charge is 0.294 e. The first-order valence-corrected chi connectivity index (χ1v) is 7.62. The van der Waals surface area contributed by atoms with Crippen LogP contribution in [0.2, 0.25) is 0 Å². The molecule has 1 aromatic carbocycles. The highest BCUT2D eigenvalue weighted by Gasteiger charge is 2.31. The Morgan fingerprint density at radius 3 is 2.52 bits per heavy atom. The molecule has 7 heteroatoms. The van der Waals surface area contributed by atoms with Crippen LogP contribution in [0.1, 0.15) is 31.5 Å². The third kappa shape index (κ3) is 3.71. The molecule has 0 spiro atoms. The summed E-state index contributed by atoms with van der Waals surface area (Å²) in [6.45, 7) is 3.72. The topological polar surface area (TPSA) is 30.0 Å². The Bertz CT molecular complexity index is 675. The molecular formula is C14H11BrF3NOS. The van der Waals surface area contributed by atoms with Gasteiger partial charge in [0.2, 0.25) is 0 Å². The second kappa shape index (κ2) is 5.88. The number of nitrogens with zero attached hydrogens (tertiary/aromatic N) is 1. The Kier molecular flexibility index (Phi) is 4.53. The molecule has 0 aliphatic rings. The molecule has 0 atom stereocenters. The summed E-state index contributed by atoms with van der Waals surface area (Å²) in [5.74, 6) is -0.387. The summed E-state index contributed by atoms with van der Waals surface area (Å²) in [5.41, 5.74) is 0.0294. The number of benzene rings is 1. The Morgan fingerprint density at radius 2 is 2.00 bits per heavy atom. The number of hydrogen-bond donors (Lipinski definition) is 0. The van der Waals surface area contributed by atoms with E-state index in [1.165, 1.54) is 17.4 Å². The van der Waals surface area contributed by atoms with Gasteiger partial charge in [0.25, 0.3) is 0 Å². The van der Waals surface area contributed by atoms with Crippen LogP contribution in [0.3, 0.4) is 0 Å². The maximum Gasteiger partial charge on any atom is 0.416 e. The number of alkyl halides is 3. The molecule has 0 saturated carbocycles. The predicted octanol–water partition coefficient (Wildman–Crippen LogP) is 4.97. The van der Waals surface area contributed by atoms with Gasteiger partial charge in [-0.2, -0.15) is 13.2 Å². The number of Topliss-reactive ketones (excluding diaryl/α,β-unsaturated/α-hetero) is 1. The van der Waals surface area contributed by atoms with Crippen LogP contribution in [-0.4, -0.2) is 10.8 Å². The van der Waals surface area contributed by atoms with E-state index in [4.69, 9.17) is 0 Å². The highest BCUT2D eigenvalue weighted by molar-refractivity contribution is 9.10. The average Bonchev–Trinajstić information content (AvgIpc) is 2.67. The van der Waals surface area contributed by atoms with Gasteiger partial charge in [-0.05, 0) is 32.0 Å². The molecule has 0 aliphatic heterocycles. The molecule has 112 valence electrons. The third-order valence-corrected chi connectivity index (χ3v) is 4.74. The zero-order valence-corrected chi connectivity index (χ0v) is 13.6. The van der Waals surface area contributed by atoms with E-state index in [0.29, 0.717) is 9.48 Å². The molecule has 0 aliphatic carbocycles. The van der Waals surface area contributed by atoms with Gasteiger partial charge in [0, 0.05) is 14.9 Å². The van der Waals surface area contributed by atoms with Crippen LogP contribution in [0, 0.1) is 13.8 Å². The fourth-order valence-corrected chi connectivity index (χ4v) is 3.16. The van der Waals surface area contributed by atoms with Gasteiger partial charge in [-0.15, -0.1) is 11.3 Å². The van der Waals surface area contributed by atoms with Crippen molar-refractivity contribution in [1.29, 1.82) is 0 Å². The molecule has 0 unspecified atom stereocenters. The van der Waals surface area contributed by atoms with Crippen LogP contribution >= 0.6 is 27.3 Å². The monoisotopic (exact) mass is 377 g/mol. The quantitative estimate of drug-likeness (QED) is 0.707. The van der Waals surface area contributed by atoms with Crippen molar-refractivity contribution in [2.45, 2.75) is 26.4 Å². The number of thiazole rings is 1. The number of rotatable bonds is 3. The van der Waals surface area contributed by atoms with Gasteiger partial charge in [-0.25, -0.2) is 4.98 Å². The van der Waals surface area contributed by atoms with Gasteiger partial charge in [0.15, 0.2) is 5.78 Å². The number of carbonyl (C=O) groups excluding carboxylic acids is 1. The highest BCUT2D eigenvalue weighted by atomic mass is 79.9. The van der Waals surface area contributed by atoms with Gasteiger partial charge in [0.05, 0.1) is 17.7 Å². The lowest BCUT2D eigenvalue weighted by Crippen LogP contribution is -2.09. The molecule has 0 fully saturated rings. The second-order valence-corrected chi connectivity index (χ2v) is 6.68. The Morgan fingerprint density at radius 1 is 1.33 bits per heavy atom. The van der Waals surface area contributed by atoms with Crippen molar-refractivity contribution in [2.75, 3.05) is 0 Å². The van der Waals surface area contributed by atoms with Gasteiger partial charge in [0.1, 0.15) is 5.01 Å². The summed E-state index contributed by atoms with van der Waals surface area (Å²) < 4.78 is 38.5. The molecule has 1 heterocycles. The first-order valence-electron chi connectivity index (χ1n) is 6.01. The van der Waals surface area contributed by atoms with Crippen LogP contribution in [0.5, 0.6) is 0 Å². The predicted molar refractivity (Wildman–Crippen MR) is 78.8 cm³/mol. The number of aryl methyl sites for hydroxylation is 2. The summed E-state index contributed by atoms with van der Waals surface area (Å²) >= 11 is 4.51. The minimum Gasteiger partial charge on any atom is -0.294 e. The van der Waals surface area contributed by atoms with E-state index < -0.39 is 11.7 Å². The normalized spacial score (nSPS) is 11.7. The van der Waals surface area contributed by atoms with E-state index in [-0.39, 0.29) is 17.8 Å². The van der Waals surface area contributed by atoms with Gasteiger partial charge in [-0.1, -0.05) is 15.9 Å². The van der Waals surface area contributed by atoms with Crippen molar-refractivity contribution in [3.63, 3.8) is 0 Å². The summed E-state index contributed by atoms with van der Waals surface area (Å²) in [6.07, 6.45) is -4.47. The average molecular weight is 378 g/mol. The summed E-state index contributed by atoms with van der Waals surface area (Å²) in [4.78, 5) is 17.4. The summed E-state index contributed by atoms with van der Waals surface area (Å²) in [6, 6.07) is 3.06. The second-order valence-electron chi connectivity index (χ2n) is 4.54. The van der Waals surface area contributed by atoms with Crippen molar-refractivity contribution < 1.29 is 18.0 Å². The minimum atomic E-state index is -4.47. The number of hydrogen-bond acceptors (Lipinski definition) is 3. The zero-order chi connectivity index (χ0) is 15.8. The lowest BCUT2D eigenvalue weighted by Gasteiger charge is -2.09. The number of halogens is 4. The molecule has 0 N–H and O–H groups in total. The van der Waals surface area contributed by atoms with E-state index in [0.717, 1.165) is 22.7 Å². The van der Waals surface area contributed by atoms with E-state index in [1.54, 1.807) is 0 Å². The van der Waals surface area contributed by atoms with Crippen molar-refractivity contribution >= 4 is 33.0 Å². The minimum absolute atomic E-state index is 0.000737. The van der Waals surface area contributed by atoms with E-state index in [2.05, 4.69) is 20.9 Å². The number of ketones is 1. The third-order valence-electron chi connectivity index (χ3n) is 2.98. The molecule has 2 nitrogen and oxygen atoms in total. The maximum absolute atomic E-state index is 12.7. The first-order chi connectivity index (χ1) is 9.68. The largest absolute Gasteiger partial charge is 0.416 e. The van der Waals surface area contributed by atoms with Crippen molar-refractivity contribution in [3.8, 4) is 0 Å². The fraction of sp³-hybridized carbons (Fsp3) is 0.286. The van der Waals surface area contributed by atoms with Crippen molar-refractivity contribution in [1.82, 2.24) is 4.98 Å². The molecule has 0 radical (unpaired) electrons. The van der Waals surface area contributed by atoms with Crippen LogP contribution < -0.4 is 0 Å². The molecule has 1 aromatic heterocycles. The molecule has 0 saturated heterocycles. The van der Waals surface area contributed by atoms with Gasteiger partial charge < -0.3 is 0 Å². The molecular weight excluding hydrogens is 367 g/mol. The molecule has 0 amide bonds. The van der Waals surface area contributed by atoms with Crippen molar-refractivity contribution in [3.05, 3.63) is 49.4 Å². The van der Waals surface area contributed by atoms with E-state index >= 15 is 0 Å². The Labute approximate surface area is 132 Å². The van der Waals surface area contributed by atoms with Crippen molar-refractivity contribution in [2.24, 2.45) is 0 Å². The zero-order valence-electron chi connectivity index (χ0n) is 11.2. The van der Waals surface area contributed by atoms with E-state index in [9.17, 15) is 18.0 Å². The Balaban J connectivity index is 2.30. The van der Waals surface area contributed by atoms with E-state index in [1.807, 2.05) is 13.8 Å². The lowest BCUT2D eigenvalue weighted by molar-refractivity contribution is -0.137. The standard InChI is InChI=1S/C14H11BrF3NOS/c1-7-8(2)21-13(19-7)6-12(20)10-5-9(14(16,17)18)3-4-11(10)15/h3-5H,6H2,1-2H3. The van der Waals surface area contributed by atoms with Crippen LogP contribution in [0.25, 0.3) is 0 Å². The van der Waals surface area contributed by atoms with Gasteiger partial charge >= 0.3 is 6.18 Å². The number of carbonyl (C=O) groups is 1. The SMILES string of the molecule is Cc1nc(CC(=O)c2cc(C(F)(F)F)ccc2Br)sc1C. The van der Waals surface area contributed by atoms with Gasteiger partial charge in [-0.3, -0.25) is 4.79 Å². The summed E-state index contributed by atoms with van der Waals surface area (Å²) in [7, 11) is 0. The fourth-order valence-electron chi connectivity index (χ4n) is 1.76. The molecule has 0 bridgehead atoms. The summed E-state index contributed by atoms with van der Waals surface area (Å²) in [5, 5.41) is 0.610. The van der Waals surface area contributed by atoms with Crippen LogP contribution in [-0.2, 0) is 12.6 Å². The highest BCUT2D eigenvalue weighted by Crippen LogP contribution is 2.32. The van der Waals surface area contributed by atoms with Crippen LogP contribution in [0.15, 0.2) is 22.7 Å². The molecule has 2 aromatic rings. The lowest BCUT2D eigenvalue weighted by atomic mass is 10.1. The number of aromatic nitrogens is 1. The Hall–Kier alpha value is -1.21. The maximum atomic E-state index is 12.7. The first kappa shape index (κ1) is 16.2. The van der Waals surface area contributed by atoms with Crippen LogP contribution in [0.4, 0.5) is 13.2 Å². The molecule has 21 heavy (non-hydrogen) atoms.